The van der Waals surface area contributed by atoms with Crippen molar-refractivity contribution < 1.29 is 8.83 Å². The van der Waals surface area contributed by atoms with Crippen molar-refractivity contribution in [2.45, 2.75) is 0 Å². The minimum atomic E-state index is 0.665. The van der Waals surface area contributed by atoms with Gasteiger partial charge in [-0.1, -0.05) is 18.2 Å². The van der Waals surface area contributed by atoms with Crippen LogP contribution in [0.1, 0.15) is 0 Å². The van der Waals surface area contributed by atoms with Crippen molar-refractivity contribution in [3.63, 3.8) is 0 Å². The van der Waals surface area contributed by atoms with E-state index < -0.39 is 0 Å². The fourth-order valence-electron chi connectivity index (χ4n) is 2.71. The zero-order valence-corrected chi connectivity index (χ0v) is 12.8. The van der Waals surface area contributed by atoms with Crippen LogP contribution in [-0.4, -0.2) is 4.98 Å². The van der Waals surface area contributed by atoms with Crippen LogP contribution in [0.2, 0.25) is 0 Å². The second kappa shape index (κ2) is 4.83. The number of aromatic nitrogens is 1. The Hall–Kier alpha value is -2.85. The molecular formula is C19H11NO2S. The molecule has 0 spiro atoms. The van der Waals surface area contributed by atoms with Crippen LogP contribution in [0.15, 0.2) is 75.8 Å². The minimum absolute atomic E-state index is 0.665. The van der Waals surface area contributed by atoms with Crippen molar-refractivity contribution in [1.29, 1.82) is 0 Å². The molecule has 3 nitrogen and oxygen atoms in total. The Bertz CT molecular complexity index is 1090. The van der Waals surface area contributed by atoms with E-state index in [0.29, 0.717) is 5.89 Å². The zero-order valence-electron chi connectivity index (χ0n) is 12.0. The van der Waals surface area contributed by atoms with E-state index in [4.69, 9.17) is 8.83 Å². The number of thiophene rings is 1. The summed E-state index contributed by atoms with van der Waals surface area (Å²) in [5.74, 6) is 1.49. The summed E-state index contributed by atoms with van der Waals surface area (Å²) in [7, 11) is 0. The van der Waals surface area contributed by atoms with Crippen LogP contribution < -0.4 is 0 Å². The third-order valence-corrected chi connectivity index (χ3v) is 4.93. The summed E-state index contributed by atoms with van der Waals surface area (Å²) < 4.78 is 12.7. The lowest BCUT2D eigenvalue weighted by Crippen LogP contribution is -1.73. The van der Waals surface area contributed by atoms with Crippen LogP contribution in [0.3, 0.4) is 0 Å². The van der Waals surface area contributed by atoms with E-state index in [0.717, 1.165) is 27.3 Å². The third-order valence-electron chi connectivity index (χ3n) is 3.83. The van der Waals surface area contributed by atoms with Gasteiger partial charge in [0.2, 0.25) is 5.89 Å². The molecule has 5 rings (SSSR count). The molecule has 0 radical (unpaired) electrons. The van der Waals surface area contributed by atoms with Crippen LogP contribution in [-0.2, 0) is 0 Å². The molecule has 0 bridgehead atoms. The molecule has 0 amide bonds. The molecular weight excluding hydrogens is 306 g/mol. The Morgan fingerprint density at radius 2 is 1.87 bits per heavy atom. The normalized spacial score (nSPS) is 11.5. The highest BCUT2D eigenvalue weighted by Gasteiger charge is 2.12. The van der Waals surface area contributed by atoms with Gasteiger partial charge < -0.3 is 8.83 Å². The molecule has 0 unspecified atom stereocenters. The molecule has 0 aliphatic carbocycles. The van der Waals surface area contributed by atoms with Gasteiger partial charge in [0, 0.05) is 10.3 Å². The van der Waals surface area contributed by atoms with E-state index in [2.05, 4.69) is 23.2 Å². The summed E-state index contributed by atoms with van der Waals surface area (Å²) >= 11 is 1.69. The standard InChI is InChI=1S/C19H11NO2S/c1-2-6-17-13(4-1)11-18(23-17)19-20-14-8-7-12(10-16(14)22-19)15-5-3-9-21-15/h1-11H. The summed E-state index contributed by atoms with van der Waals surface area (Å²) in [6, 6.07) is 20.2. The fraction of sp³-hybridized carbons (Fsp3) is 0. The molecule has 5 aromatic rings. The molecule has 3 aromatic heterocycles. The first kappa shape index (κ1) is 12.7. The van der Waals surface area contributed by atoms with Crippen LogP contribution in [0, 0.1) is 0 Å². The van der Waals surface area contributed by atoms with Crippen LogP contribution in [0.5, 0.6) is 0 Å². The lowest BCUT2D eigenvalue weighted by molar-refractivity contribution is 0.582. The van der Waals surface area contributed by atoms with Gasteiger partial charge in [0.15, 0.2) is 5.58 Å². The van der Waals surface area contributed by atoms with Gasteiger partial charge in [0.25, 0.3) is 0 Å². The van der Waals surface area contributed by atoms with Crippen LogP contribution in [0.4, 0.5) is 0 Å². The van der Waals surface area contributed by atoms with Crippen molar-refractivity contribution in [1.82, 2.24) is 4.98 Å². The highest BCUT2D eigenvalue weighted by molar-refractivity contribution is 7.22. The van der Waals surface area contributed by atoms with Gasteiger partial charge in [0.1, 0.15) is 11.3 Å². The summed E-state index contributed by atoms with van der Waals surface area (Å²) in [5.41, 5.74) is 2.61. The van der Waals surface area contributed by atoms with Crippen LogP contribution in [0.25, 0.3) is 43.3 Å². The maximum Gasteiger partial charge on any atom is 0.237 e. The number of fused-ring (bicyclic) bond motifs is 2. The predicted octanol–water partition coefficient (Wildman–Crippen LogP) is 5.97. The van der Waals surface area contributed by atoms with E-state index in [9.17, 15) is 0 Å². The molecule has 2 aromatic carbocycles. The van der Waals surface area contributed by atoms with Crippen molar-refractivity contribution in [3.8, 4) is 22.1 Å². The molecule has 0 fully saturated rings. The van der Waals surface area contributed by atoms with Crippen molar-refractivity contribution in [2.24, 2.45) is 0 Å². The van der Waals surface area contributed by atoms with Gasteiger partial charge in [-0.05, 0) is 47.9 Å². The highest BCUT2D eigenvalue weighted by Crippen LogP contribution is 2.35. The van der Waals surface area contributed by atoms with E-state index in [-0.39, 0.29) is 0 Å². The van der Waals surface area contributed by atoms with Gasteiger partial charge in [-0.3, -0.25) is 0 Å². The van der Waals surface area contributed by atoms with Gasteiger partial charge >= 0.3 is 0 Å². The fourth-order valence-corrected chi connectivity index (χ4v) is 3.70. The van der Waals surface area contributed by atoms with E-state index in [1.807, 2.05) is 42.5 Å². The van der Waals surface area contributed by atoms with E-state index >= 15 is 0 Å². The average molecular weight is 317 g/mol. The number of hydrogen-bond acceptors (Lipinski definition) is 4. The highest BCUT2D eigenvalue weighted by atomic mass is 32.1. The molecule has 0 atom stereocenters. The monoisotopic (exact) mass is 317 g/mol. The second-order valence-electron chi connectivity index (χ2n) is 5.33. The average Bonchev–Trinajstić information content (AvgIpc) is 3.31. The molecule has 0 saturated heterocycles. The first-order valence-electron chi connectivity index (χ1n) is 7.30. The topological polar surface area (TPSA) is 39.2 Å². The Balaban J connectivity index is 1.64. The quantitative estimate of drug-likeness (QED) is 0.402. The summed E-state index contributed by atoms with van der Waals surface area (Å²) in [6.07, 6.45) is 1.67. The predicted molar refractivity (Wildman–Crippen MR) is 92.5 cm³/mol. The molecule has 23 heavy (non-hydrogen) atoms. The maximum atomic E-state index is 5.98. The molecule has 0 saturated carbocycles. The largest absolute Gasteiger partial charge is 0.464 e. The van der Waals surface area contributed by atoms with Crippen molar-refractivity contribution in [2.75, 3.05) is 0 Å². The molecule has 3 heterocycles. The van der Waals surface area contributed by atoms with Gasteiger partial charge in [-0.25, -0.2) is 4.98 Å². The second-order valence-corrected chi connectivity index (χ2v) is 6.41. The molecule has 0 aliphatic rings. The lowest BCUT2D eigenvalue weighted by Gasteiger charge is -1.94. The number of benzene rings is 2. The van der Waals surface area contributed by atoms with Gasteiger partial charge in [-0.2, -0.15) is 0 Å². The summed E-state index contributed by atoms with van der Waals surface area (Å²) in [6.45, 7) is 0. The maximum absolute atomic E-state index is 5.98. The minimum Gasteiger partial charge on any atom is -0.464 e. The van der Waals surface area contributed by atoms with Crippen LogP contribution >= 0.6 is 11.3 Å². The van der Waals surface area contributed by atoms with E-state index in [1.54, 1.807) is 17.6 Å². The smallest absolute Gasteiger partial charge is 0.237 e. The van der Waals surface area contributed by atoms with Gasteiger partial charge in [-0.15, -0.1) is 11.3 Å². The summed E-state index contributed by atoms with van der Waals surface area (Å²) in [4.78, 5) is 5.66. The van der Waals surface area contributed by atoms with Gasteiger partial charge in [0.05, 0.1) is 11.1 Å². The SMILES string of the molecule is c1coc(-c2ccc3nc(-c4cc5ccccc5s4)oc3c2)c1. The molecule has 0 N–H and O–H groups in total. The Labute approximate surface area is 135 Å². The van der Waals surface area contributed by atoms with Crippen molar-refractivity contribution >= 4 is 32.5 Å². The Morgan fingerprint density at radius 1 is 0.913 bits per heavy atom. The first-order chi connectivity index (χ1) is 11.4. The van der Waals surface area contributed by atoms with E-state index in [1.165, 1.54) is 10.1 Å². The number of oxazole rings is 1. The lowest BCUT2D eigenvalue weighted by atomic mass is 10.1. The van der Waals surface area contributed by atoms with Crippen molar-refractivity contribution in [3.05, 3.63) is 66.9 Å². The third kappa shape index (κ3) is 2.07. The molecule has 110 valence electrons. The Kier molecular flexibility index (Phi) is 2.66. The molecule has 4 heteroatoms. The first-order valence-corrected chi connectivity index (χ1v) is 8.12. The Morgan fingerprint density at radius 3 is 2.74 bits per heavy atom. The number of hydrogen-bond donors (Lipinski definition) is 0. The number of furan rings is 1. The molecule has 0 aliphatic heterocycles. The summed E-state index contributed by atoms with van der Waals surface area (Å²) in [5, 5.41) is 1.21. The zero-order chi connectivity index (χ0) is 15.2. The number of nitrogens with zero attached hydrogens (tertiary/aromatic N) is 1. The number of rotatable bonds is 2.